The normalized spacial score (nSPS) is 16.8. The second-order valence-electron chi connectivity index (χ2n) is 8.69. The Balaban J connectivity index is 1.67. The van der Waals surface area contributed by atoms with Gasteiger partial charge in [-0.1, -0.05) is 13.0 Å². The van der Waals surface area contributed by atoms with E-state index in [1.54, 1.807) is 23.5 Å². The van der Waals surface area contributed by atoms with Gasteiger partial charge in [-0.15, -0.1) is 11.3 Å². The van der Waals surface area contributed by atoms with Crippen LogP contribution in [0.5, 0.6) is 5.75 Å². The smallest absolute Gasteiger partial charge is 0.237 e. The van der Waals surface area contributed by atoms with Crippen molar-refractivity contribution in [2.75, 3.05) is 39.4 Å². The van der Waals surface area contributed by atoms with Crippen molar-refractivity contribution in [2.24, 2.45) is 0 Å². The predicted octanol–water partition coefficient (Wildman–Crippen LogP) is 3.89. The zero-order valence-corrected chi connectivity index (χ0v) is 20.5. The van der Waals surface area contributed by atoms with Crippen molar-refractivity contribution in [2.45, 2.75) is 51.9 Å². The quantitative estimate of drug-likeness (QED) is 0.502. The first-order valence-corrected chi connectivity index (χ1v) is 12.5. The number of hydrogen-bond donors (Lipinski definition) is 1. The molecule has 0 spiro atoms. The average molecular weight is 479 g/mol. The second kappa shape index (κ2) is 12.5. The molecule has 1 aromatic heterocycles. The molecule has 1 aromatic carbocycles. The van der Waals surface area contributed by atoms with Crippen molar-refractivity contribution >= 4 is 17.2 Å². The topological polar surface area (TPSA) is 62.2 Å². The number of carbonyl (C=O) groups is 1. The third-order valence-corrected chi connectivity index (χ3v) is 6.61. The minimum atomic E-state index is -0.649. The van der Waals surface area contributed by atoms with Crippen LogP contribution in [0.3, 0.4) is 0 Å². The zero-order chi connectivity index (χ0) is 23.8. The number of aliphatic hydroxyl groups excluding tert-OH is 1. The maximum absolute atomic E-state index is 13.6. The molecule has 0 fully saturated rings. The minimum Gasteiger partial charge on any atom is -0.491 e. The van der Waals surface area contributed by atoms with Crippen LogP contribution in [0, 0.1) is 5.82 Å². The Morgan fingerprint density at radius 2 is 2.18 bits per heavy atom. The number of halogens is 1. The summed E-state index contributed by atoms with van der Waals surface area (Å²) >= 11 is 1.69. The molecule has 0 unspecified atom stereocenters. The number of fused-ring (bicyclic) bond motifs is 1. The summed E-state index contributed by atoms with van der Waals surface area (Å²) in [6, 6.07) is 7.89. The van der Waals surface area contributed by atoms with Crippen molar-refractivity contribution < 1.29 is 23.8 Å². The molecule has 2 atom stereocenters. The summed E-state index contributed by atoms with van der Waals surface area (Å²) in [5, 5.41) is 12.4. The number of amides is 1. The highest BCUT2D eigenvalue weighted by atomic mass is 32.1. The van der Waals surface area contributed by atoms with Crippen LogP contribution >= 0.6 is 11.3 Å². The van der Waals surface area contributed by atoms with Gasteiger partial charge in [0.25, 0.3) is 0 Å². The number of aliphatic hydroxyl groups is 1. The first-order valence-electron chi connectivity index (χ1n) is 11.6. The highest BCUT2D eigenvalue weighted by molar-refractivity contribution is 7.10. The van der Waals surface area contributed by atoms with Crippen LogP contribution in [0.25, 0.3) is 0 Å². The Bertz CT molecular complexity index is 891. The monoisotopic (exact) mass is 478 g/mol. The van der Waals surface area contributed by atoms with Crippen molar-refractivity contribution in [3.05, 3.63) is 52.0 Å². The number of nitrogens with zero attached hydrogens (tertiary/aromatic N) is 2. The van der Waals surface area contributed by atoms with E-state index in [0.717, 1.165) is 18.4 Å². The van der Waals surface area contributed by atoms with Crippen molar-refractivity contribution in [3.63, 3.8) is 0 Å². The van der Waals surface area contributed by atoms with Crippen LogP contribution in [0.15, 0.2) is 35.7 Å². The highest BCUT2D eigenvalue weighted by Crippen LogP contribution is 2.34. The molecule has 2 aromatic rings. The van der Waals surface area contributed by atoms with Gasteiger partial charge in [-0.05, 0) is 62.4 Å². The van der Waals surface area contributed by atoms with Crippen molar-refractivity contribution in [3.8, 4) is 5.75 Å². The van der Waals surface area contributed by atoms with E-state index < -0.39 is 6.10 Å². The molecule has 1 amide bonds. The summed E-state index contributed by atoms with van der Waals surface area (Å²) in [6.45, 7) is 8.37. The highest BCUT2D eigenvalue weighted by Gasteiger charge is 2.33. The molecule has 2 heterocycles. The fourth-order valence-electron chi connectivity index (χ4n) is 4.09. The van der Waals surface area contributed by atoms with Crippen LogP contribution in [0.1, 0.15) is 43.7 Å². The van der Waals surface area contributed by atoms with E-state index >= 15 is 0 Å². The Hall–Kier alpha value is -2.00. The lowest BCUT2D eigenvalue weighted by Gasteiger charge is -2.37. The maximum Gasteiger partial charge on any atom is 0.237 e. The molecule has 0 saturated heterocycles. The van der Waals surface area contributed by atoms with Crippen LogP contribution < -0.4 is 4.74 Å². The minimum absolute atomic E-state index is 0.00474. The van der Waals surface area contributed by atoms with E-state index in [0.29, 0.717) is 25.4 Å². The Labute approximate surface area is 199 Å². The lowest BCUT2D eigenvalue weighted by Crippen LogP contribution is -2.48. The van der Waals surface area contributed by atoms with Crippen LogP contribution in [-0.4, -0.2) is 72.4 Å². The lowest BCUT2D eigenvalue weighted by atomic mass is 10.0. The van der Waals surface area contributed by atoms with E-state index in [2.05, 4.69) is 13.0 Å². The summed E-state index contributed by atoms with van der Waals surface area (Å²) in [5.74, 6) is 0.103. The fourth-order valence-corrected chi connectivity index (χ4v) is 5.02. The van der Waals surface area contributed by atoms with Crippen LogP contribution in [-0.2, 0) is 16.0 Å². The average Bonchev–Trinajstić information content (AvgIpc) is 3.25. The van der Waals surface area contributed by atoms with Crippen LogP contribution in [0.2, 0.25) is 0 Å². The largest absolute Gasteiger partial charge is 0.491 e. The van der Waals surface area contributed by atoms with Gasteiger partial charge in [-0.3, -0.25) is 9.69 Å². The summed E-state index contributed by atoms with van der Waals surface area (Å²) in [4.78, 5) is 18.5. The van der Waals surface area contributed by atoms with Crippen molar-refractivity contribution in [1.29, 1.82) is 0 Å². The van der Waals surface area contributed by atoms with E-state index in [9.17, 15) is 14.3 Å². The molecule has 1 aliphatic rings. The molecule has 8 heteroatoms. The van der Waals surface area contributed by atoms with Gasteiger partial charge in [0.2, 0.25) is 5.91 Å². The number of carbonyl (C=O) groups excluding carboxylic acids is 1. The van der Waals surface area contributed by atoms with Gasteiger partial charge in [0.15, 0.2) is 0 Å². The molecule has 33 heavy (non-hydrogen) atoms. The number of benzene rings is 1. The van der Waals surface area contributed by atoms with Crippen molar-refractivity contribution in [1.82, 2.24) is 9.80 Å². The third kappa shape index (κ3) is 7.50. The molecular weight excluding hydrogens is 443 g/mol. The number of rotatable bonds is 12. The van der Waals surface area contributed by atoms with Gasteiger partial charge in [0, 0.05) is 24.0 Å². The van der Waals surface area contributed by atoms with E-state index in [4.69, 9.17) is 9.47 Å². The molecule has 1 N–H and O–H groups in total. The molecular formula is C25H35FN2O4S. The summed E-state index contributed by atoms with van der Waals surface area (Å²) in [5.41, 5.74) is 1.10. The molecule has 3 rings (SSSR count). The second-order valence-corrected chi connectivity index (χ2v) is 9.69. The molecule has 0 aliphatic carbocycles. The molecule has 0 radical (unpaired) electrons. The van der Waals surface area contributed by atoms with Gasteiger partial charge in [-0.2, -0.15) is 0 Å². The van der Waals surface area contributed by atoms with Crippen LogP contribution in [0.4, 0.5) is 4.39 Å². The number of ether oxygens (including phenoxy) is 2. The van der Waals surface area contributed by atoms with Gasteiger partial charge in [-0.25, -0.2) is 4.39 Å². The van der Waals surface area contributed by atoms with Gasteiger partial charge >= 0.3 is 0 Å². The lowest BCUT2D eigenvalue weighted by molar-refractivity contribution is -0.136. The SMILES string of the molecule is CCCN(CC(=O)N1CCc2sccc2[C@H]1COc1cccc(F)c1)C[C@@H](O)COC(C)C. The Kier molecular flexibility index (Phi) is 9.67. The number of thiophene rings is 1. The summed E-state index contributed by atoms with van der Waals surface area (Å²) < 4.78 is 25.0. The fraction of sp³-hybridized carbons (Fsp3) is 0.560. The van der Waals surface area contributed by atoms with E-state index in [-0.39, 0.29) is 43.6 Å². The number of hydrogen-bond acceptors (Lipinski definition) is 6. The van der Waals surface area contributed by atoms with E-state index in [1.165, 1.54) is 17.0 Å². The zero-order valence-electron chi connectivity index (χ0n) is 19.7. The Morgan fingerprint density at radius 1 is 1.36 bits per heavy atom. The molecule has 182 valence electrons. The summed E-state index contributed by atoms with van der Waals surface area (Å²) in [6.07, 6.45) is 1.09. The maximum atomic E-state index is 13.6. The molecule has 6 nitrogen and oxygen atoms in total. The first-order chi connectivity index (χ1) is 15.9. The van der Waals surface area contributed by atoms with Gasteiger partial charge < -0.3 is 19.5 Å². The Morgan fingerprint density at radius 3 is 2.91 bits per heavy atom. The molecule has 1 aliphatic heterocycles. The summed E-state index contributed by atoms with van der Waals surface area (Å²) in [7, 11) is 0. The molecule has 0 bridgehead atoms. The van der Waals surface area contributed by atoms with Gasteiger partial charge in [0.05, 0.1) is 31.4 Å². The third-order valence-electron chi connectivity index (χ3n) is 5.61. The predicted molar refractivity (Wildman–Crippen MR) is 128 cm³/mol. The van der Waals surface area contributed by atoms with Gasteiger partial charge in [0.1, 0.15) is 18.2 Å². The standard InChI is InChI=1S/C25H35FN2O4S/c1-4-10-27(14-20(29)16-31-18(2)3)15-25(30)28-11-8-24-22(9-12-33-24)23(28)17-32-21-7-5-6-19(26)13-21/h5-7,9,12-13,18,20,23,29H,4,8,10-11,14-17H2,1-3H3/t20-,23-/m1/s1. The first kappa shape index (κ1) is 25.6. The van der Waals surface area contributed by atoms with E-state index in [1.807, 2.05) is 29.0 Å². The molecule has 0 saturated carbocycles.